The average molecular weight is 459 g/mol. The van der Waals surface area contributed by atoms with Crippen molar-refractivity contribution >= 4 is 5.95 Å². The molecule has 174 valence electrons. The van der Waals surface area contributed by atoms with Gasteiger partial charge in [-0.25, -0.2) is 4.98 Å². The van der Waals surface area contributed by atoms with E-state index in [4.69, 9.17) is 9.47 Å². The van der Waals surface area contributed by atoms with E-state index in [1.54, 1.807) is 0 Å². The summed E-state index contributed by atoms with van der Waals surface area (Å²) >= 11 is 0. The van der Waals surface area contributed by atoms with Gasteiger partial charge in [0.1, 0.15) is 11.7 Å². The molecule has 1 aliphatic heterocycles. The van der Waals surface area contributed by atoms with E-state index in [1.807, 2.05) is 56.6 Å². The van der Waals surface area contributed by atoms with Gasteiger partial charge in [-0.2, -0.15) is 18.2 Å². The van der Waals surface area contributed by atoms with E-state index in [0.29, 0.717) is 6.54 Å². The summed E-state index contributed by atoms with van der Waals surface area (Å²) in [7, 11) is 3.99. The van der Waals surface area contributed by atoms with Gasteiger partial charge in [-0.15, -0.1) is 0 Å². The molecule has 7 nitrogen and oxygen atoms in total. The Morgan fingerprint density at radius 3 is 2.48 bits per heavy atom. The van der Waals surface area contributed by atoms with Crippen molar-refractivity contribution in [3.63, 3.8) is 0 Å². The quantitative estimate of drug-likeness (QED) is 0.546. The van der Waals surface area contributed by atoms with Crippen LogP contribution < -0.4 is 10.1 Å². The van der Waals surface area contributed by atoms with Crippen LogP contribution in [0.3, 0.4) is 0 Å². The van der Waals surface area contributed by atoms with Crippen LogP contribution in [0.25, 0.3) is 11.3 Å². The van der Waals surface area contributed by atoms with E-state index in [9.17, 15) is 13.2 Å². The second-order valence-electron chi connectivity index (χ2n) is 7.99. The number of hydrogen-bond donors (Lipinski definition) is 1. The predicted molar refractivity (Wildman–Crippen MR) is 117 cm³/mol. The van der Waals surface area contributed by atoms with Crippen molar-refractivity contribution in [2.75, 3.05) is 32.6 Å². The highest BCUT2D eigenvalue weighted by molar-refractivity contribution is 5.59. The van der Waals surface area contributed by atoms with Crippen molar-refractivity contribution in [3.05, 3.63) is 65.5 Å². The van der Waals surface area contributed by atoms with Crippen LogP contribution in [0.15, 0.2) is 48.7 Å². The maximum atomic E-state index is 13.2. The van der Waals surface area contributed by atoms with E-state index in [2.05, 4.69) is 25.2 Å². The molecule has 3 aromatic rings. The number of halogens is 3. The van der Waals surface area contributed by atoms with Crippen LogP contribution in [0.2, 0.25) is 0 Å². The molecule has 0 radical (unpaired) electrons. The predicted octanol–water partition coefficient (Wildman–Crippen LogP) is 4.01. The number of nitrogens with zero attached hydrogens (tertiary/aromatic N) is 4. The molecule has 33 heavy (non-hydrogen) atoms. The van der Waals surface area contributed by atoms with Gasteiger partial charge >= 0.3 is 6.18 Å². The number of benzene rings is 1. The first-order chi connectivity index (χ1) is 15.8. The van der Waals surface area contributed by atoms with Crippen LogP contribution in [0, 0.1) is 0 Å². The lowest BCUT2D eigenvalue weighted by Crippen LogP contribution is -2.39. The largest absolute Gasteiger partial charge is 0.469 e. The molecule has 1 aliphatic rings. The minimum atomic E-state index is -4.60. The summed E-state index contributed by atoms with van der Waals surface area (Å²) in [5.41, 5.74) is 2.74. The lowest BCUT2D eigenvalue weighted by molar-refractivity contribution is -0.142. The van der Waals surface area contributed by atoms with Crippen LogP contribution in [0.4, 0.5) is 19.1 Å². The SMILES string of the molecule is CN(C)Cc1cccc(-c2ccc(CNc3ncc(C(F)(F)F)c(OC4COC4)n3)cc2)n1. The van der Waals surface area contributed by atoms with Gasteiger partial charge in [-0.05, 0) is 31.8 Å². The summed E-state index contributed by atoms with van der Waals surface area (Å²) in [5.74, 6) is -0.437. The van der Waals surface area contributed by atoms with Crippen molar-refractivity contribution < 1.29 is 22.6 Å². The van der Waals surface area contributed by atoms with E-state index >= 15 is 0 Å². The van der Waals surface area contributed by atoms with E-state index in [-0.39, 0.29) is 19.2 Å². The number of alkyl halides is 3. The molecule has 1 fully saturated rings. The molecule has 4 rings (SSSR count). The zero-order valence-corrected chi connectivity index (χ0v) is 18.3. The maximum absolute atomic E-state index is 13.2. The summed E-state index contributed by atoms with van der Waals surface area (Å²) in [6.45, 7) is 1.57. The molecular formula is C23H24F3N5O2. The number of hydrogen-bond acceptors (Lipinski definition) is 7. The molecule has 10 heteroatoms. The Kier molecular flexibility index (Phi) is 6.75. The lowest BCUT2D eigenvalue weighted by Gasteiger charge is -2.27. The minimum Gasteiger partial charge on any atom is -0.469 e. The third kappa shape index (κ3) is 5.96. The normalized spacial score (nSPS) is 14.2. The second kappa shape index (κ2) is 9.72. The van der Waals surface area contributed by atoms with Gasteiger partial charge in [-0.1, -0.05) is 30.3 Å². The van der Waals surface area contributed by atoms with Crippen molar-refractivity contribution in [3.8, 4) is 17.1 Å². The van der Waals surface area contributed by atoms with E-state index in [0.717, 1.165) is 35.3 Å². The van der Waals surface area contributed by atoms with Crippen molar-refractivity contribution in [2.45, 2.75) is 25.4 Å². The van der Waals surface area contributed by atoms with Crippen LogP contribution in [-0.2, 0) is 24.0 Å². The molecule has 0 bridgehead atoms. The molecule has 0 unspecified atom stereocenters. The topological polar surface area (TPSA) is 72.4 Å². The van der Waals surface area contributed by atoms with Crippen LogP contribution >= 0.6 is 0 Å². The molecule has 0 aliphatic carbocycles. The average Bonchev–Trinajstić information content (AvgIpc) is 2.74. The van der Waals surface area contributed by atoms with Crippen molar-refractivity contribution in [1.29, 1.82) is 0 Å². The highest BCUT2D eigenvalue weighted by atomic mass is 19.4. The first-order valence-corrected chi connectivity index (χ1v) is 10.4. The lowest BCUT2D eigenvalue weighted by atomic mass is 10.1. The van der Waals surface area contributed by atoms with Crippen LogP contribution in [-0.4, -0.2) is 53.3 Å². The molecule has 0 saturated carbocycles. The summed E-state index contributed by atoms with van der Waals surface area (Å²) < 4.78 is 50.1. The summed E-state index contributed by atoms with van der Waals surface area (Å²) in [5, 5.41) is 2.96. The summed E-state index contributed by atoms with van der Waals surface area (Å²) in [6.07, 6.45) is -4.31. The Morgan fingerprint density at radius 2 is 1.85 bits per heavy atom. The zero-order chi connectivity index (χ0) is 23.4. The molecule has 2 aromatic heterocycles. The molecule has 0 spiro atoms. The zero-order valence-electron chi connectivity index (χ0n) is 18.3. The van der Waals surface area contributed by atoms with Crippen molar-refractivity contribution in [1.82, 2.24) is 19.9 Å². The van der Waals surface area contributed by atoms with Crippen LogP contribution in [0.1, 0.15) is 16.8 Å². The molecule has 0 amide bonds. The number of ether oxygens (including phenoxy) is 2. The fourth-order valence-corrected chi connectivity index (χ4v) is 3.20. The Balaban J connectivity index is 1.43. The molecule has 0 atom stereocenters. The third-order valence-electron chi connectivity index (χ3n) is 4.93. The number of nitrogens with one attached hydrogen (secondary N) is 1. The van der Waals surface area contributed by atoms with Gasteiger partial charge in [0, 0.05) is 24.8 Å². The number of rotatable bonds is 8. The monoisotopic (exact) mass is 459 g/mol. The van der Waals surface area contributed by atoms with Gasteiger partial charge in [-0.3, -0.25) is 4.98 Å². The Bertz CT molecular complexity index is 1090. The smallest absolute Gasteiger partial charge is 0.423 e. The van der Waals surface area contributed by atoms with E-state index < -0.39 is 23.7 Å². The molecule has 3 heterocycles. The summed E-state index contributed by atoms with van der Waals surface area (Å²) in [6, 6.07) is 13.7. The standard InChI is InChI=1S/C23H24F3N5O2/c1-31(2)12-17-4-3-5-20(29-17)16-8-6-15(7-9-16)10-27-22-28-11-19(23(24,25)26)21(30-22)33-18-13-32-14-18/h3-9,11,18H,10,12-14H2,1-2H3,(H,27,28,30). The van der Waals surface area contributed by atoms with Gasteiger partial charge in [0.05, 0.1) is 24.6 Å². The van der Waals surface area contributed by atoms with Crippen LogP contribution in [0.5, 0.6) is 5.88 Å². The fraction of sp³-hybridized carbons (Fsp3) is 0.348. The van der Waals surface area contributed by atoms with Gasteiger partial charge in [0.2, 0.25) is 11.8 Å². The number of pyridine rings is 1. The van der Waals surface area contributed by atoms with Gasteiger partial charge in [0.15, 0.2) is 0 Å². The maximum Gasteiger partial charge on any atom is 0.423 e. The fourth-order valence-electron chi connectivity index (χ4n) is 3.20. The minimum absolute atomic E-state index is 0.0559. The third-order valence-corrected chi connectivity index (χ3v) is 4.93. The molecular weight excluding hydrogens is 435 g/mol. The van der Waals surface area contributed by atoms with Gasteiger partial charge in [0.25, 0.3) is 0 Å². The second-order valence-corrected chi connectivity index (χ2v) is 7.99. The number of anilines is 1. The first kappa shape index (κ1) is 22.9. The van der Waals surface area contributed by atoms with Gasteiger partial charge < -0.3 is 19.7 Å². The van der Waals surface area contributed by atoms with Crippen molar-refractivity contribution in [2.24, 2.45) is 0 Å². The first-order valence-electron chi connectivity index (χ1n) is 10.4. The Labute approximate surface area is 189 Å². The molecule has 1 saturated heterocycles. The Hall–Kier alpha value is -3.24. The van der Waals surface area contributed by atoms with E-state index in [1.165, 1.54) is 0 Å². The molecule has 1 aromatic carbocycles. The highest BCUT2D eigenvalue weighted by Gasteiger charge is 2.37. The Morgan fingerprint density at radius 1 is 1.09 bits per heavy atom. The summed E-state index contributed by atoms with van der Waals surface area (Å²) in [4.78, 5) is 14.5. The highest BCUT2D eigenvalue weighted by Crippen LogP contribution is 2.36. The number of aromatic nitrogens is 3. The molecule has 1 N–H and O–H groups in total.